The Bertz CT molecular complexity index is 453. The van der Waals surface area contributed by atoms with Crippen molar-refractivity contribution in [3.8, 4) is 5.75 Å². The lowest BCUT2D eigenvalue weighted by molar-refractivity contribution is 0.0900. The highest BCUT2D eigenvalue weighted by molar-refractivity contribution is 5.97. The number of halogens is 1. The van der Waals surface area contributed by atoms with Gasteiger partial charge in [0.25, 0.3) is 5.91 Å². The van der Waals surface area contributed by atoms with Gasteiger partial charge in [-0.25, -0.2) is 4.39 Å². The van der Waals surface area contributed by atoms with Crippen molar-refractivity contribution in [2.75, 3.05) is 0 Å². The summed E-state index contributed by atoms with van der Waals surface area (Å²) in [6.45, 7) is 3.89. The molecule has 0 spiro atoms. The number of nitrogens with one attached hydrogen (secondary N) is 1. The Morgan fingerprint density at radius 1 is 1.47 bits per heavy atom. The highest BCUT2D eigenvalue weighted by Gasteiger charge is 2.39. The van der Waals surface area contributed by atoms with Gasteiger partial charge in [-0.15, -0.1) is 0 Å². The number of hydrogen-bond acceptors (Lipinski definition) is 2. The van der Waals surface area contributed by atoms with Crippen LogP contribution in [0.4, 0.5) is 4.39 Å². The second kappa shape index (κ2) is 4.02. The molecule has 1 aliphatic rings. The second-order valence-electron chi connectivity index (χ2n) is 5.11. The maximum Gasteiger partial charge on any atom is 0.255 e. The molecule has 0 radical (unpaired) electrons. The molecule has 0 bridgehead atoms. The third-order valence-electron chi connectivity index (χ3n) is 3.24. The number of benzene rings is 1. The first-order chi connectivity index (χ1) is 7.90. The Kier molecular flexibility index (Phi) is 2.81. The zero-order valence-electron chi connectivity index (χ0n) is 9.96. The third-order valence-corrected chi connectivity index (χ3v) is 3.24. The maximum atomic E-state index is 13.0. The number of amides is 1. The standard InChI is InChI=1S/C13H16FNO2/c1-13(2,8-3-4-8)15-12(17)10-7-9(14)5-6-11(10)16/h5-8,16H,3-4H2,1-2H3,(H,15,17). The van der Waals surface area contributed by atoms with Crippen LogP contribution in [-0.2, 0) is 0 Å². The van der Waals surface area contributed by atoms with Crippen molar-refractivity contribution in [2.24, 2.45) is 5.92 Å². The van der Waals surface area contributed by atoms with Crippen molar-refractivity contribution in [2.45, 2.75) is 32.2 Å². The van der Waals surface area contributed by atoms with Crippen LogP contribution in [0.5, 0.6) is 5.75 Å². The summed E-state index contributed by atoms with van der Waals surface area (Å²) in [4.78, 5) is 11.9. The zero-order valence-corrected chi connectivity index (χ0v) is 9.96. The van der Waals surface area contributed by atoms with E-state index in [9.17, 15) is 14.3 Å². The van der Waals surface area contributed by atoms with Gasteiger partial charge in [0, 0.05) is 5.54 Å². The SMILES string of the molecule is CC(C)(NC(=O)c1cc(F)ccc1O)C1CC1. The first-order valence-electron chi connectivity index (χ1n) is 5.71. The molecule has 0 aromatic heterocycles. The molecule has 0 atom stereocenters. The second-order valence-corrected chi connectivity index (χ2v) is 5.11. The smallest absolute Gasteiger partial charge is 0.255 e. The van der Waals surface area contributed by atoms with Crippen LogP contribution in [0.25, 0.3) is 0 Å². The van der Waals surface area contributed by atoms with E-state index in [-0.39, 0.29) is 16.9 Å². The third kappa shape index (κ3) is 2.57. The van der Waals surface area contributed by atoms with Gasteiger partial charge in [0.15, 0.2) is 0 Å². The van der Waals surface area contributed by atoms with E-state index < -0.39 is 11.7 Å². The molecule has 2 rings (SSSR count). The fourth-order valence-electron chi connectivity index (χ4n) is 1.96. The van der Waals surface area contributed by atoms with Gasteiger partial charge in [-0.2, -0.15) is 0 Å². The van der Waals surface area contributed by atoms with Crippen LogP contribution in [0.3, 0.4) is 0 Å². The molecule has 0 unspecified atom stereocenters. The van der Waals surface area contributed by atoms with Crippen molar-refractivity contribution in [3.05, 3.63) is 29.6 Å². The number of phenolic OH excluding ortho intramolecular Hbond substituents is 1. The Hall–Kier alpha value is -1.58. The molecule has 0 heterocycles. The number of phenols is 1. The van der Waals surface area contributed by atoms with E-state index in [1.165, 1.54) is 6.07 Å². The van der Waals surface area contributed by atoms with E-state index >= 15 is 0 Å². The fraction of sp³-hybridized carbons (Fsp3) is 0.462. The highest BCUT2D eigenvalue weighted by Crippen LogP contribution is 2.39. The predicted molar refractivity (Wildman–Crippen MR) is 62.3 cm³/mol. The normalized spacial score (nSPS) is 15.7. The lowest BCUT2D eigenvalue weighted by Gasteiger charge is -2.26. The molecule has 1 aliphatic carbocycles. The molecule has 3 nitrogen and oxygen atoms in total. The molecule has 1 amide bonds. The molecule has 0 saturated heterocycles. The Balaban J connectivity index is 2.16. The van der Waals surface area contributed by atoms with Gasteiger partial charge in [-0.05, 0) is 50.8 Å². The zero-order chi connectivity index (χ0) is 12.6. The van der Waals surface area contributed by atoms with E-state index in [0.29, 0.717) is 5.92 Å². The van der Waals surface area contributed by atoms with Crippen molar-refractivity contribution >= 4 is 5.91 Å². The van der Waals surface area contributed by atoms with E-state index in [2.05, 4.69) is 5.32 Å². The average molecular weight is 237 g/mol. The van der Waals surface area contributed by atoms with Crippen LogP contribution in [0.15, 0.2) is 18.2 Å². The van der Waals surface area contributed by atoms with Gasteiger partial charge in [0.05, 0.1) is 5.56 Å². The molecule has 4 heteroatoms. The first-order valence-corrected chi connectivity index (χ1v) is 5.71. The van der Waals surface area contributed by atoms with Crippen molar-refractivity contribution in [1.82, 2.24) is 5.32 Å². The fourth-order valence-corrected chi connectivity index (χ4v) is 1.96. The van der Waals surface area contributed by atoms with Crippen LogP contribution in [0.2, 0.25) is 0 Å². The summed E-state index contributed by atoms with van der Waals surface area (Å²) in [5.74, 6) is -0.686. The minimum Gasteiger partial charge on any atom is -0.507 e. The number of hydrogen-bond donors (Lipinski definition) is 2. The lowest BCUT2D eigenvalue weighted by atomic mass is 9.98. The summed E-state index contributed by atoms with van der Waals surface area (Å²) in [5.41, 5.74) is -0.325. The molecule has 17 heavy (non-hydrogen) atoms. The number of aromatic hydroxyl groups is 1. The number of carbonyl (C=O) groups is 1. The van der Waals surface area contributed by atoms with Crippen LogP contribution in [0, 0.1) is 11.7 Å². The van der Waals surface area contributed by atoms with Crippen molar-refractivity contribution in [3.63, 3.8) is 0 Å². The summed E-state index contributed by atoms with van der Waals surface area (Å²) in [6.07, 6.45) is 2.20. The van der Waals surface area contributed by atoms with Gasteiger partial charge in [0.1, 0.15) is 11.6 Å². The van der Waals surface area contributed by atoms with Gasteiger partial charge >= 0.3 is 0 Å². The minimum atomic E-state index is -0.530. The van der Waals surface area contributed by atoms with Crippen molar-refractivity contribution in [1.29, 1.82) is 0 Å². The molecular weight excluding hydrogens is 221 g/mol. The minimum absolute atomic E-state index is 0.0151. The largest absolute Gasteiger partial charge is 0.507 e. The lowest BCUT2D eigenvalue weighted by Crippen LogP contribution is -2.45. The molecule has 1 saturated carbocycles. The molecule has 1 fully saturated rings. The quantitative estimate of drug-likeness (QED) is 0.848. The van der Waals surface area contributed by atoms with Crippen LogP contribution < -0.4 is 5.32 Å². The van der Waals surface area contributed by atoms with Gasteiger partial charge < -0.3 is 10.4 Å². The number of carbonyl (C=O) groups excluding carboxylic acids is 1. The topological polar surface area (TPSA) is 49.3 Å². The van der Waals surface area contributed by atoms with E-state index in [0.717, 1.165) is 25.0 Å². The maximum absolute atomic E-state index is 13.0. The van der Waals surface area contributed by atoms with E-state index in [1.807, 2.05) is 13.8 Å². The summed E-state index contributed by atoms with van der Waals surface area (Å²) in [7, 11) is 0. The van der Waals surface area contributed by atoms with Crippen LogP contribution in [-0.4, -0.2) is 16.6 Å². The Morgan fingerprint density at radius 2 is 2.12 bits per heavy atom. The molecule has 92 valence electrons. The number of rotatable bonds is 3. The molecule has 1 aromatic carbocycles. The molecule has 1 aromatic rings. The summed E-state index contributed by atoms with van der Waals surface area (Å²) in [6, 6.07) is 3.36. The first kappa shape index (κ1) is 11.9. The van der Waals surface area contributed by atoms with Crippen LogP contribution in [0.1, 0.15) is 37.0 Å². The molecule has 2 N–H and O–H groups in total. The highest BCUT2D eigenvalue weighted by atomic mass is 19.1. The molecular formula is C13H16FNO2. The predicted octanol–water partition coefficient (Wildman–Crippen LogP) is 2.45. The average Bonchev–Trinajstić information content (AvgIpc) is 3.04. The van der Waals surface area contributed by atoms with Gasteiger partial charge in [0.2, 0.25) is 0 Å². The summed E-state index contributed by atoms with van der Waals surface area (Å²) in [5, 5.41) is 12.4. The van der Waals surface area contributed by atoms with Gasteiger partial charge in [-0.1, -0.05) is 0 Å². The Morgan fingerprint density at radius 3 is 2.71 bits per heavy atom. The monoisotopic (exact) mass is 237 g/mol. The summed E-state index contributed by atoms with van der Waals surface area (Å²) < 4.78 is 13.0. The van der Waals surface area contributed by atoms with E-state index in [4.69, 9.17) is 0 Å². The molecule has 0 aliphatic heterocycles. The van der Waals surface area contributed by atoms with E-state index in [1.54, 1.807) is 0 Å². The summed E-state index contributed by atoms with van der Waals surface area (Å²) >= 11 is 0. The Labute approximate surface area is 99.7 Å². The van der Waals surface area contributed by atoms with Crippen LogP contribution >= 0.6 is 0 Å². The van der Waals surface area contributed by atoms with Gasteiger partial charge in [-0.3, -0.25) is 4.79 Å². The van der Waals surface area contributed by atoms with Crippen molar-refractivity contribution < 1.29 is 14.3 Å².